The Balaban J connectivity index is 2.23. The van der Waals surface area contributed by atoms with E-state index in [4.69, 9.17) is 9.84 Å². The number of carbonyl (C=O) groups is 1. The SMILES string of the molecule is COc1cc(N2CCC(C(=O)O)C2)ccc1[N+](=O)[O-]. The molecule has 1 aliphatic heterocycles. The summed E-state index contributed by atoms with van der Waals surface area (Å²) in [5.74, 6) is -1.01. The summed E-state index contributed by atoms with van der Waals surface area (Å²) in [6.45, 7) is 1.04. The van der Waals surface area contributed by atoms with Gasteiger partial charge in [0.05, 0.1) is 18.0 Å². The normalized spacial score (nSPS) is 18.4. The molecule has 1 N–H and O–H groups in total. The molecule has 1 unspecified atom stereocenters. The van der Waals surface area contributed by atoms with E-state index in [1.807, 2.05) is 4.90 Å². The number of anilines is 1. The number of carboxylic acids is 1. The molecule has 0 aliphatic carbocycles. The molecule has 0 radical (unpaired) electrons. The summed E-state index contributed by atoms with van der Waals surface area (Å²) in [5.41, 5.74) is 0.645. The number of nitro groups is 1. The van der Waals surface area contributed by atoms with Gasteiger partial charge in [-0.25, -0.2) is 0 Å². The van der Waals surface area contributed by atoms with Gasteiger partial charge in [0.1, 0.15) is 0 Å². The number of carboxylic acid groups (broad SMARTS) is 1. The Morgan fingerprint density at radius 3 is 2.84 bits per heavy atom. The summed E-state index contributed by atoms with van der Waals surface area (Å²) in [6.07, 6.45) is 0.578. The summed E-state index contributed by atoms with van der Waals surface area (Å²) in [6, 6.07) is 4.56. The Morgan fingerprint density at radius 2 is 2.32 bits per heavy atom. The van der Waals surface area contributed by atoms with Crippen molar-refractivity contribution in [3.05, 3.63) is 28.3 Å². The fourth-order valence-corrected chi connectivity index (χ4v) is 2.21. The van der Waals surface area contributed by atoms with Crippen LogP contribution in [0.15, 0.2) is 18.2 Å². The van der Waals surface area contributed by atoms with Crippen molar-refractivity contribution in [2.75, 3.05) is 25.1 Å². The molecule has 2 rings (SSSR count). The van der Waals surface area contributed by atoms with Gasteiger partial charge in [-0.05, 0) is 12.5 Å². The first kappa shape index (κ1) is 13.1. The molecule has 19 heavy (non-hydrogen) atoms. The first-order valence-electron chi connectivity index (χ1n) is 5.83. The molecule has 7 nitrogen and oxygen atoms in total. The Morgan fingerprint density at radius 1 is 1.58 bits per heavy atom. The largest absolute Gasteiger partial charge is 0.490 e. The molecule has 1 saturated heterocycles. The lowest BCUT2D eigenvalue weighted by molar-refractivity contribution is -0.385. The van der Waals surface area contributed by atoms with Crippen LogP contribution in [-0.2, 0) is 4.79 Å². The standard InChI is InChI=1S/C12H14N2O5/c1-19-11-6-9(2-3-10(11)14(17)18)13-5-4-8(7-13)12(15)16/h2-3,6,8H,4-5,7H2,1H3,(H,15,16). The van der Waals surface area contributed by atoms with Gasteiger partial charge in [0.2, 0.25) is 0 Å². The second-order valence-electron chi connectivity index (χ2n) is 4.38. The summed E-state index contributed by atoms with van der Waals surface area (Å²) in [4.78, 5) is 23.1. The molecule has 0 bridgehead atoms. The number of methoxy groups -OCH3 is 1. The van der Waals surface area contributed by atoms with Gasteiger partial charge in [-0.2, -0.15) is 0 Å². The molecular weight excluding hydrogens is 252 g/mol. The van der Waals surface area contributed by atoms with Crippen molar-refractivity contribution in [3.8, 4) is 5.75 Å². The summed E-state index contributed by atoms with van der Waals surface area (Å²) >= 11 is 0. The van der Waals surface area contributed by atoms with Gasteiger partial charge < -0.3 is 14.7 Å². The highest BCUT2D eigenvalue weighted by atomic mass is 16.6. The zero-order valence-corrected chi connectivity index (χ0v) is 10.4. The number of rotatable bonds is 4. The average Bonchev–Trinajstić information content (AvgIpc) is 2.87. The van der Waals surface area contributed by atoms with E-state index in [-0.39, 0.29) is 17.4 Å². The average molecular weight is 266 g/mol. The van der Waals surface area contributed by atoms with Gasteiger partial charge in [0, 0.05) is 30.9 Å². The lowest BCUT2D eigenvalue weighted by Gasteiger charge is -2.18. The number of hydrogen-bond donors (Lipinski definition) is 1. The number of nitro benzene ring substituents is 1. The zero-order valence-electron chi connectivity index (χ0n) is 10.4. The topological polar surface area (TPSA) is 92.9 Å². The first-order valence-corrected chi connectivity index (χ1v) is 5.83. The lowest BCUT2D eigenvalue weighted by Crippen LogP contribution is -2.22. The number of nitrogens with zero attached hydrogens (tertiary/aromatic N) is 2. The van der Waals surface area contributed by atoms with Crippen molar-refractivity contribution in [3.63, 3.8) is 0 Å². The van der Waals surface area contributed by atoms with E-state index >= 15 is 0 Å². The van der Waals surface area contributed by atoms with Crippen LogP contribution in [0.1, 0.15) is 6.42 Å². The maximum Gasteiger partial charge on any atom is 0.311 e. The van der Waals surface area contributed by atoms with Crippen molar-refractivity contribution in [2.24, 2.45) is 5.92 Å². The van der Waals surface area contributed by atoms with E-state index < -0.39 is 10.9 Å². The van der Waals surface area contributed by atoms with Crippen molar-refractivity contribution >= 4 is 17.3 Å². The second-order valence-corrected chi connectivity index (χ2v) is 4.38. The predicted molar refractivity (Wildman–Crippen MR) is 67.6 cm³/mol. The van der Waals surface area contributed by atoms with E-state index in [0.717, 1.165) is 5.69 Å². The quantitative estimate of drug-likeness (QED) is 0.656. The second kappa shape index (κ2) is 5.13. The molecule has 0 amide bonds. The van der Waals surface area contributed by atoms with Gasteiger partial charge in [-0.15, -0.1) is 0 Å². The van der Waals surface area contributed by atoms with Crippen LogP contribution in [0.25, 0.3) is 0 Å². The Hall–Kier alpha value is -2.31. The Labute approximate surface area is 109 Å². The van der Waals surface area contributed by atoms with Crippen molar-refractivity contribution in [1.29, 1.82) is 0 Å². The monoisotopic (exact) mass is 266 g/mol. The van der Waals surface area contributed by atoms with Crippen LogP contribution < -0.4 is 9.64 Å². The van der Waals surface area contributed by atoms with Gasteiger partial charge in [-0.1, -0.05) is 0 Å². The Kier molecular flexibility index (Phi) is 3.55. The third kappa shape index (κ3) is 2.59. The smallest absolute Gasteiger partial charge is 0.311 e. The molecule has 0 saturated carbocycles. The van der Waals surface area contributed by atoms with Crippen molar-refractivity contribution in [2.45, 2.75) is 6.42 Å². The molecule has 1 aromatic rings. The highest BCUT2D eigenvalue weighted by Crippen LogP contribution is 2.33. The maximum absolute atomic E-state index is 10.9. The van der Waals surface area contributed by atoms with Gasteiger partial charge in [0.25, 0.3) is 0 Å². The molecule has 7 heteroatoms. The number of benzene rings is 1. The summed E-state index contributed by atoms with van der Waals surface area (Å²) < 4.78 is 5.00. The molecule has 1 atom stereocenters. The lowest BCUT2D eigenvalue weighted by atomic mass is 10.1. The van der Waals surface area contributed by atoms with Crippen molar-refractivity contribution < 1.29 is 19.6 Å². The minimum absolute atomic E-state index is 0.0970. The first-order chi connectivity index (χ1) is 9.02. The van der Waals surface area contributed by atoms with Crippen LogP contribution in [0.4, 0.5) is 11.4 Å². The van der Waals surface area contributed by atoms with E-state index in [1.165, 1.54) is 13.2 Å². The number of ether oxygens (including phenoxy) is 1. The molecule has 0 aromatic heterocycles. The van der Waals surface area contributed by atoms with Gasteiger partial charge in [0.15, 0.2) is 5.75 Å². The molecule has 1 aliphatic rings. The van der Waals surface area contributed by atoms with Crippen LogP contribution in [0.5, 0.6) is 5.75 Å². The molecule has 1 heterocycles. The van der Waals surface area contributed by atoms with Crippen LogP contribution in [0.2, 0.25) is 0 Å². The molecule has 1 fully saturated rings. The minimum atomic E-state index is -0.809. The predicted octanol–water partition coefficient (Wildman–Crippen LogP) is 1.51. The fourth-order valence-electron chi connectivity index (χ4n) is 2.21. The third-order valence-corrected chi connectivity index (χ3v) is 3.26. The van der Waals surface area contributed by atoms with Crippen LogP contribution in [-0.4, -0.2) is 36.2 Å². The van der Waals surface area contributed by atoms with E-state index in [1.54, 1.807) is 12.1 Å². The number of aliphatic carboxylic acids is 1. The van der Waals surface area contributed by atoms with Crippen molar-refractivity contribution in [1.82, 2.24) is 0 Å². The summed E-state index contributed by atoms with van der Waals surface area (Å²) in [5, 5.41) is 19.7. The Bertz CT molecular complexity index is 517. The highest BCUT2D eigenvalue weighted by molar-refractivity contribution is 5.72. The van der Waals surface area contributed by atoms with Gasteiger partial charge >= 0.3 is 11.7 Å². The van der Waals surface area contributed by atoms with E-state index in [9.17, 15) is 14.9 Å². The van der Waals surface area contributed by atoms with Crippen LogP contribution in [0, 0.1) is 16.0 Å². The summed E-state index contributed by atoms with van der Waals surface area (Å²) in [7, 11) is 1.37. The minimum Gasteiger partial charge on any atom is -0.490 e. The molecular formula is C12H14N2O5. The van der Waals surface area contributed by atoms with Crippen LogP contribution >= 0.6 is 0 Å². The number of hydrogen-bond acceptors (Lipinski definition) is 5. The highest BCUT2D eigenvalue weighted by Gasteiger charge is 2.29. The maximum atomic E-state index is 10.9. The van der Waals surface area contributed by atoms with Gasteiger partial charge in [-0.3, -0.25) is 14.9 Å². The third-order valence-electron chi connectivity index (χ3n) is 3.26. The van der Waals surface area contributed by atoms with E-state index in [2.05, 4.69) is 0 Å². The van der Waals surface area contributed by atoms with E-state index in [0.29, 0.717) is 19.5 Å². The van der Waals surface area contributed by atoms with Crippen LogP contribution in [0.3, 0.4) is 0 Å². The molecule has 102 valence electrons. The molecule has 1 aromatic carbocycles. The fraction of sp³-hybridized carbons (Fsp3) is 0.417. The molecule has 0 spiro atoms. The zero-order chi connectivity index (χ0) is 14.0.